The zero-order valence-corrected chi connectivity index (χ0v) is 18.7. The molecule has 1 fully saturated rings. The van der Waals surface area contributed by atoms with Crippen molar-refractivity contribution in [1.29, 1.82) is 0 Å². The molecule has 4 rings (SSSR count). The van der Waals surface area contributed by atoms with Gasteiger partial charge in [-0.25, -0.2) is 14.3 Å². The number of fused-ring (bicyclic) bond motifs is 1. The van der Waals surface area contributed by atoms with Crippen LogP contribution in [0.15, 0.2) is 48.9 Å². The number of hydrogen-bond acceptors (Lipinski definition) is 5. The minimum Gasteiger partial charge on any atom is -0.444 e. The number of amides is 2. The number of nitrogens with zero attached hydrogens (tertiary/aromatic N) is 4. The number of rotatable bonds is 4. The third-order valence-corrected chi connectivity index (χ3v) is 5.59. The van der Waals surface area contributed by atoms with Crippen LogP contribution in [0.3, 0.4) is 0 Å². The molecule has 1 aliphatic heterocycles. The molecule has 3 heterocycles. The Morgan fingerprint density at radius 2 is 1.84 bits per heavy atom. The first-order valence-corrected chi connectivity index (χ1v) is 10.9. The van der Waals surface area contributed by atoms with E-state index < -0.39 is 5.60 Å². The van der Waals surface area contributed by atoms with Gasteiger partial charge in [0, 0.05) is 31.4 Å². The number of aromatic nitrogens is 3. The summed E-state index contributed by atoms with van der Waals surface area (Å²) in [5.41, 5.74) is 3.06. The van der Waals surface area contributed by atoms with Crippen LogP contribution in [0.5, 0.6) is 0 Å². The van der Waals surface area contributed by atoms with E-state index in [9.17, 15) is 9.59 Å². The summed E-state index contributed by atoms with van der Waals surface area (Å²) >= 11 is 0. The van der Waals surface area contributed by atoms with Gasteiger partial charge in [-0.15, -0.1) is 0 Å². The second-order valence-corrected chi connectivity index (χ2v) is 9.14. The Morgan fingerprint density at radius 3 is 2.53 bits per heavy atom. The first kappa shape index (κ1) is 21.8. The summed E-state index contributed by atoms with van der Waals surface area (Å²) in [6.07, 6.45) is 4.85. The highest BCUT2D eigenvalue weighted by molar-refractivity contribution is 5.94. The second kappa shape index (κ2) is 8.98. The van der Waals surface area contributed by atoms with E-state index in [-0.39, 0.29) is 12.0 Å². The fourth-order valence-electron chi connectivity index (χ4n) is 3.88. The van der Waals surface area contributed by atoms with Crippen LogP contribution in [0.2, 0.25) is 0 Å². The van der Waals surface area contributed by atoms with Crippen molar-refractivity contribution in [3.05, 3.63) is 65.6 Å². The number of piperidine rings is 1. The fraction of sp³-hybridized carbons (Fsp3) is 0.417. The van der Waals surface area contributed by atoms with Gasteiger partial charge in [-0.1, -0.05) is 12.1 Å². The highest BCUT2D eigenvalue weighted by Gasteiger charge is 2.27. The fourth-order valence-corrected chi connectivity index (χ4v) is 3.88. The van der Waals surface area contributed by atoms with Gasteiger partial charge in [0.25, 0.3) is 5.91 Å². The molecular formula is C24H29N5O3. The molecule has 32 heavy (non-hydrogen) atoms. The first-order valence-electron chi connectivity index (χ1n) is 10.9. The first-order chi connectivity index (χ1) is 15.3. The molecule has 2 amide bonds. The van der Waals surface area contributed by atoms with Crippen LogP contribution in [0.25, 0.3) is 5.65 Å². The molecular weight excluding hydrogens is 406 g/mol. The van der Waals surface area contributed by atoms with E-state index >= 15 is 0 Å². The van der Waals surface area contributed by atoms with Crippen LogP contribution in [-0.4, -0.2) is 50.2 Å². The van der Waals surface area contributed by atoms with Crippen molar-refractivity contribution in [1.82, 2.24) is 24.8 Å². The summed E-state index contributed by atoms with van der Waals surface area (Å²) in [6, 6.07) is 11.6. The van der Waals surface area contributed by atoms with Crippen LogP contribution >= 0.6 is 0 Å². The molecule has 0 saturated carbocycles. The smallest absolute Gasteiger partial charge is 0.410 e. The predicted molar refractivity (Wildman–Crippen MR) is 120 cm³/mol. The third kappa shape index (κ3) is 5.25. The van der Waals surface area contributed by atoms with Crippen LogP contribution < -0.4 is 5.32 Å². The van der Waals surface area contributed by atoms with Gasteiger partial charge in [0.2, 0.25) is 0 Å². The number of pyridine rings is 1. The van der Waals surface area contributed by atoms with Crippen molar-refractivity contribution in [3.8, 4) is 0 Å². The molecule has 0 bridgehead atoms. The molecule has 8 nitrogen and oxygen atoms in total. The Morgan fingerprint density at radius 1 is 1.12 bits per heavy atom. The SMILES string of the molecule is CC(C)(C)OC(=O)N1CCC(c2ccc(C(=O)NCc3ccn4ncnc4c3)cc2)CC1. The molecule has 1 aromatic carbocycles. The maximum absolute atomic E-state index is 12.5. The van der Waals surface area contributed by atoms with Crippen molar-refractivity contribution in [2.24, 2.45) is 0 Å². The zero-order chi connectivity index (χ0) is 22.7. The molecule has 0 atom stereocenters. The van der Waals surface area contributed by atoms with Crippen LogP contribution in [0, 0.1) is 0 Å². The van der Waals surface area contributed by atoms with Crippen molar-refractivity contribution < 1.29 is 14.3 Å². The minimum atomic E-state index is -0.479. The van der Waals surface area contributed by atoms with Crippen molar-refractivity contribution in [2.75, 3.05) is 13.1 Å². The molecule has 1 N–H and O–H groups in total. The van der Waals surface area contributed by atoms with E-state index in [0.717, 1.165) is 24.1 Å². The monoisotopic (exact) mass is 435 g/mol. The van der Waals surface area contributed by atoms with Crippen LogP contribution in [-0.2, 0) is 11.3 Å². The van der Waals surface area contributed by atoms with E-state index in [1.54, 1.807) is 9.42 Å². The minimum absolute atomic E-state index is 0.113. The number of benzene rings is 1. The number of carbonyl (C=O) groups is 2. The lowest BCUT2D eigenvalue weighted by atomic mass is 9.89. The molecule has 8 heteroatoms. The standard InChI is InChI=1S/C24H29N5O3/c1-24(2,3)32-23(31)28-11-9-19(10-12-28)18-4-6-20(7-5-18)22(30)25-15-17-8-13-29-21(14-17)26-16-27-29/h4-8,13-14,16,19H,9-12,15H2,1-3H3,(H,25,30). The Hall–Kier alpha value is -3.42. The predicted octanol–water partition coefficient (Wildman–Crippen LogP) is 3.77. The molecule has 0 unspecified atom stereocenters. The van der Waals surface area contributed by atoms with Crippen LogP contribution in [0.1, 0.15) is 61.0 Å². The lowest BCUT2D eigenvalue weighted by molar-refractivity contribution is 0.0204. The summed E-state index contributed by atoms with van der Waals surface area (Å²) in [4.78, 5) is 30.7. The number of carbonyl (C=O) groups excluding carboxylic acids is 2. The van der Waals surface area contributed by atoms with Gasteiger partial charge >= 0.3 is 6.09 Å². The molecule has 168 valence electrons. The maximum atomic E-state index is 12.5. The van der Waals surface area contributed by atoms with Gasteiger partial charge < -0.3 is 15.0 Å². The molecule has 3 aromatic rings. The van der Waals surface area contributed by atoms with Gasteiger partial charge in [0.1, 0.15) is 11.9 Å². The second-order valence-electron chi connectivity index (χ2n) is 9.14. The van der Waals surface area contributed by atoms with Crippen LogP contribution in [0.4, 0.5) is 4.79 Å². The zero-order valence-electron chi connectivity index (χ0n) is 18.7. The summed E-state index contributed by atoms with van der Waals surface area (Å²) in [6.45, 7) is 7.42. The van der Waals surface area contributed by atoms with E-state index in [0.29, 0.717) is 31.1 Å². The molecule has 1 saturated heterocycles. The number of hydrogen-bond donors (Lipinski definition) is 1. The Balaban J connectivity index is 1.29. The molecule has 1 aliphatic rings. The summed E-state index contributed by atoms with van der Waals surface area (Å²) in [5.74, 6) is 0.262. The molecule has 0 radical (unpaired) electrons. The Kier molecular flexibility index (Phi) is 6.12. The Bertz CT molecular complexity index is 1090. The maximum Gasteiger partial charge on any atom is 0.410 e. The van der Waals surface area contributed by atoms with E-state index in [2.05, 4.69) is 15.4 Å². The lowest BCUT2D eigenvalue weighted by Gasteiger charge is -2.33. The summed E-state index contributed by atoms with van der Waals surface area (Å²) in [7, 11) is 0. The largest absolute Gasteiger partial charge is 0.444 e. The normalized spacial score (nSPS) is 15.0. The van der Waals surface area contributed by atoms with Gasteiger partial charge in [-0.2, -0.15) is 5.10 Å². The van der Waals surface area contributed by atoms with E-state index in [1.807, 2.05) is 63.4 Å². The van der Waals surface area contributed by atoms with Gasteiger partial charge in [0.15, 0.2) is 5.65 Å². The molecule has 0 aliphatic carbocycles. The summed E-state index contributed by atoms with van der Waals surface area (Å²) < 4.78 is 7.15. The number of nitrogens with one attached hydrogen (secondary N) is 1. The van der Waals surface area contributed by atoms with E-state index in [1.165, 1.54) is 11.9 Å². The molecule has 0 spiro atoms. The number of ether oxygens (including phenoxy) is 1. The van der Waals surface area contributed by atoms with Crippen molar-refractivity contribution in [2.45, 2.75) is 51.7 Å². The van der Waals surface area contributed by atoms with Gasteiger partial charge in [-0.05, 0) is 74.9 Å². The third-order valence-electron chi connectivity index (χ3n) is 5.59. The number of likely N-dealkylation sites (tertiary alicyclic amines) is 1. The topological polar surface area (TPSA) is 88.8 Å². The van der Waals surface area contributed by atoms with E-state index in [4.69, 9.17) is 4.74 Å². The average Bonchev–Trinajstić information content (AvgIpc) is 3.24. The molecule has 2 aromatic heterocycles. The highest BCUT2D eigenvalue weighted by atomic mass is 16.6. The van der Waals surface area contributed by atoms with Gasteiger partial charge in [-0.3, -0.25) is 4.79 Å². The van der Waals surface area contributed by atoms with Gasteiger partial charge in [0.05, 0.1) is 0 Å². The van der Waals surface area contributed by atoms with Crippen molar-refractivity contribution >= 4 is 17.6 Å². The summed E-state index contributed by atoms with van der Waals surface area (Å²) in [5, 5.41) is 7.02. The van der Waals surface area contributed by atoms with Crippen molar-refractivity contribution in [3.63, 3.8) is 0 Å². The highest BCUT2D eigenvalue weighted by Crippen LogP contribution is 2.29. The lowest BCUT2D eigenvalue weighted by Crippen LogP contribution is -2.41. The average molecular weight is 436 g/mol. The Labute approximate surface area is 187 Å². The quantitative estimate of drug-likeness (QED) is 0.674.